The lowest BCUT2D eigenvalue weighted by atomic mass is 10.0. The number of fused-ring (bicyclic) bond motifs is 1. The van der Waals surface area contributed by atoms with Gasteiger partial charge < -0.3 is 14.2 Å². The topological polar surface area (TPSA) is 78.9 Å². The van der Waals surface area contributed by atoms with Gasteiger partial charge in [-0.15, -0.1) is 0 Å². The molecule has 6 heteroatoms. The molecule has 2 aromatic carbocycles. The molecule has 3 rings (SSSR count). The quantitative estimate of drug-likeness (QED) is 0.515. The lowest BCUT2D eigenvalue weighted by Gasteiger charge is -2.11. The largest absolute Gasteiger partial charge is 0.493 e. The van der Waals surface area contributed by atoms with E-state index in [-0.39, 0.29) is 24.8 Å². The fourth-order valence-corrected chi connectivity index (χ4v) is 3.16. The lowest BCUT2D eigenvalue weighted by molar-refractivity contribution is -0.144. The highest BCUT2D eigenvalue weighted by Crippen LogP contribution is 2.28. The van der Waals surface area contributed by atoms with E-state index in [0.717, 1.165) is 19.3 Å². The van der Waals surface area contributed by atoms with E-state index < -0.39 is 5.97 Å². The van der Waals surface area contributed by atoms with Crippen LogP contribution in [0.3, 0.4) is 0 Å². The highest BCUT2D eigenvalue weighted by molar-refractivity contribution is 5.98. The van der Waals surface area contributed by atoms with Crippen molar-refractivity contribution >= 4 is 17.5 Å². The maximum absolute atomic E-state index is 12.3. The molecule has 0 spiro atoms. The summed E-state index contributed by atoms with van der Waals surface area (Å²) in [4.78, 5) is 35.6. The third kappa shape index (κ3) is 4.57. The van der Waals surface area contributed by atoms with Crippen LogP contribution in [0.15, 0.2) is 36.4 Å². The molecule has 146 valence electrons. The number of Topliss-reactive ketones (excluding diaryl/α,β-unsaturated/α-hetero) is 2. The molecule has 1 aliphatic rings. The molecule has 0 fully saturated rings. The molecule has 0 N–H and O–H groups in total. The highest BCUT2D eigenvalue weighted by Gasteiger charge is 2.16. The van der Waals surface area contributed by atoms with E-state index in [4.69, 9.17) is 14.2 Å². The average Bonchev–Trinajstić information content (AvgIpc) is 3.17. The van der Waals surface area contributed by atoms with E-state index >= 15 is 0 Å². The molecule has 0 aliphatic heterocycles. The second kappa shape index (κ2) is 8.69. The number of carbonyl (C=O) groups excluding carboxylic acids is 3. The Morgan fingerprint density at radius 3 is 2.39 bits per heavy atom. The third-order valence-corrected chi connectivity index (χ3v) is 4.70. The fraction of sp³-hybridized carbons (Fsp3) is 0.318. The SMILES string of the molecule is COc1cc(C(C)=O)ccc1OCC(=O)OCC(=O)c1ccc2c(c1)CCC2. The van der Waals surface area contributed by atoms with Gasteiger partial charge in [0.15, 0.2) is 36.3 Å². The molecule has 0 saturated heterocycles. The minimum Gasteiger partial charge on any atom is -0.493 e. The van der Waals surface area contributed by atoms with Gasteiger partial charge >= 0.3 is 5.97 Å². The van der Waals surface area contributed by atoms with Gasteiger partial charge in [0.25, 0.3) is 0 Å². The Kier molecular flexibility index (Phi) is 6.09. The standard InChI is InChI=1S/C22H22O6/c1-14(23)16-8-9-20(21(11-16)26-2)27-13-22(25)28-12-19(24)18-7-6-15-4-3-5-17(15)10-18/h6-11H,3-5,12-13H2,1-2H3. The number of benzene rings is 2. The number of carbonyl (C=O) groups is 3. The molecular formula is C22H22O6. The zero-order valence-corrected chi connectivity index (χ0v) is 15.9. The number of hydrogen-bond donors (Lipinski definition) is 0. The second-order valence-corrected chi connectivity index (χ2v) is 6.63. The van der Waals surface area contributed by atoms with Crippen molar-refractivity contribution in [3.8, 4) is 11.5 Å². The monoisotopic (exact) mass is 382 g/mol. The minimum absolute atomic E-state index is 0.102. The first kappa shape index (κ1) is 19.6. The average molecular weight is 382 g/mol. The smallest absolute Gasteiger partial charge is 0.344 e. The predicted octanol–water partition coefficient (Wildman–Crippen LogP) is 3.19. The van der Waals surface area contributed by atoms with Gasteiger partial charge in [-0.05, 0) is 61.6 Å². The number of esters is 1. The number of aryl methyl sites for hydroxylation is 2. The second-order valence-electron chi connectivity index (χ2n) is 6.63. The summed E-state index contributed by atoms with van der Waals surface area (Å²) in [5.41, 5.74) is 3.51. The van der Waals surface area contributed by atoms with E-state index in [2.05, 4.69) is 0 Å². The van der Waals surface area contributed by atoms with Gasteiger partial charge in [0.05, 0.1) is 7.11 Å². The van der Waals surface area contributed by atoms with E-state index in [1.54, 1.807) is 24.3 Å². The van der Waals surface area contributed by atoms with Gasteiger partial charge in [0, 0.05) is 11.1 Å². The van der Waals surface area contributed by atoms with Crippen LogP contribution in [0.5, 0.6) is 11.5 Å². The van der Waals surface area contributed by atoms with E-state index in [1.165, 1.54) is 25.2 Å². The summed E-state index contributed by atoms with van der Waals surface area (Å²) in [6.07, 6.45) is 3.14. The molecule has 0 heterocycles. The Balaban J connectivity index is 1.52. The Hall–Kier alpha value is -3.15. The molecule has 1 aliphatic carbocycles. The molecular weight excluding hydrogens is 360 g/mol. The summed E-state index contributed by atoms with van der Waals surface area (Å²) in [5.74, 6) is -0.350. The number of ether oxygens (including phenoxy) is 3. The van der Waals surface area contributed by atoms with Crippen molar-refractivity contribution in [2.75, 3.05) is 20.3 Å². The molecule has 0 atom stereocenters. The molecule has 0 radical (unpaired) electrons. The number of hydrogen-bond acceptors (Lipinski definition) is 6. The van der Waals surface area contributed by atoms with Crippen molar-refractivity contribution in [2.45, 2.75) is 26.2 Å². The summed E-state index contributed by atoms with van der Waals surface area (Å²) in [6, 6.07) is 10.3. The van der Waals surface area contributed by atoms with Gasteiger partial charge in [-0.2, -0.15) is 0 Å². The first-order chi connectivity index (χ1) is 13.5. The van der Waals surface area contributed by atoms with E-state index in [1.807, 2.05) is 12.1 Å². The maximum atomic E-state index is 12.3. The van der Waals surface area contributed by atoms with E-state index in [9.17, 15) is 14.4 Å². The van der Waals surface area contributed by atoms with Crippen LogP contribution >= 0.6 is 0 Å². The summed E-state index contributed by atoms with van der Waals surface area (Å²) in [6.45, 7) is 0.749. The minimum atomic E-state index is -0.660. The molecule has 0 bridgehead atoms. The molecule has 6 nitrogen and oxygen atoms in total. The van der Waals surface area contributed by atoms with Crippen molar-refractivity contribution < 1.29 is 28.6 Å². The Labute approximate surface area is 163 Å². The van der Waals surface area contributed by atoms with Crippen molar-refractivity contribution in [1.82, 2.24) is 0 Å². The molecule has 0 amide bonds. The van der Waals surface area contributed by atoms with Crippen LogP contribution in [0.2, 0.25) is 0 Å². The maximum Gasteiger partial charge on any atom is 0.344 e. The van der Waals surface area contributed by atoms with Gasteiger partial charge in [0.2, 0.25) is 0 Å². The Morgan fingerprint density at radius 1 is 0.893 bits per heavy atom. The van der Waals surface area contributed by atoms with Crippen molar-refractivity contribution in [2.24, 2.45) is 0 Å². The summed E-state index contributed by atoms with van der Waals surface area (Å²) < 4.78 is 15.6. The molecule has 28 heavy (non-hydrogen) atoms. The Morgan fingerprint density at radius 2 is 1.64 bits per heavy atom. The first-order valence-corrected chi connectivity index (χ1v) is 9.10. The summed E-state index contributed by atoms with van der Waals surface area (Å²) in [7, 11) is 1.44. The lowest BCUT2D eigenvalue weighted by Crippen LogP contribution is -2.19. The zero-order chi connectivity index (χ0) is 20.1. The third-order valence-electron chi connectivity index (χ3n) is 4.70. The van der Waals surface area contributed by atoms with Crippen molar-refractivity contribution in [1.29, 1.82) is 0 Å². The highest BCUT2D eigenvalue weighted by atomic mass is 16.6. The molecule has 0 unspecified atom stereocenters. The summed E-state index contributed by atoms with van der Waals surface area (Å²) >= 11 is 0. The van der Waals surface area contributed by atoms with Crippen LogP contribution < -0.4 is 9.47 Å². The van der Waals surface area contributed by atoms with Crippen LogP contribution in [0.1, 0.15) is 45.2 Å². The van der Waals surface area contributed by atoms with Crippen LogP contribution in [0.25, 0.3) is 0 Å². The fourth-order valence-electron chi connectivity index (χ4n) is 3.16. The van der Waals surface area contributed by atoms with Gasteiger partial charge in [-0.25, -0.2) is 4.79 Å². The van der Waals surface area contributed by atoms with Gasteiger partial charge in [0.1, 0.15) is 0 Å². The van der Waals surface area contributed by atoms with Crippen molar-refractivity contribution in [3.63, 3.8) is 0 Å². The number of rotatable bonds is 8. The van der Waals surface area contributed by atoms with Crippen LogP contribution in [-0.2, 0) is 22.4 Å². The van der Waals surface area contributed by atoms with Gasteiger partial charge in [-0.3, -0.25) is 9.59 Å². The normalized spacial score (nSPS) is 12.2. The Bertz CT molecular complexity index is 915. The van der Waals surface area contributed by atoms with Crippen molar-refractivity contribution in [3.05, 3.63) is 58.7 Å². The van der Waals surface area contributed by atoms with Crippen LogP contribution in [0, 0.1) is 0 Å². The molecule has 2 aromatic rings. The van der Waals surface area contributed by atoms with E-state index in [0.29, 0.717) is 22.6 Å². The van der Waals surface area contributed by atoms with Gasteiger partial charge in [-0.1, -0.05) is 12.1 Å². The molecule has 0 aromatic heterocycles. The summed E-state index contributed by atoms with van der Waals surface area (Å²) in [5, 5.41) is 0. The number of ketones is 2. The van der Waals surface area contributed by atoms with Crippen LogP contribution in [-0.4, -0.2) is 37.9 Å². The predicted molar refractivity (Wildman–Crippen MR) is 102 cm³/mol. The van der Waals surface area contributed by atoms with Crippen LogP contribution in [0.4, 0.5) is 0 Å². The number of methoxy groups -OCH3 is 1. The first-order valence-electron chi connectivity index (χ1n) is 9.10. The zero-order valence-electron chi connectivity index (χ0n) is 15.9. The molecule has 0 saturated carbocycles.